The van der Waals surface area contributed by atoms with Crippen molar-refractivity contribution >= 4 is 0 Å². The van der Waals surface area contributed by atoms with E-state index >= 15 is 0 Å². The third-order valence-electron chi connectivity index (χ3n) is 3.36. The van der Waals surface area contributed by atoms with Crippen molar-refractivity contribution in [2.24, 2.45) is 0 Å². The van der Waals surface area contributed by atoms with Gasteiger partial charge in [0.05, 0.1) is 5.69 Å². The molecule has 1 unspecified atom stereocenters. The van der Waals surface area contributed by atoms with Crippen LogP contribution in [0.15, 0.2) is 6.07 Å². The summed E-state index contributed by atoms with van der Waals surface area (Å²) >= 11 is 0. The maximum atomic E-state index is 4.61. The van der Waals surface area contributed by atoms with Crippen LogP contribution < -0.4 is 5.32 Å². The van der Waals surface area contributed by atoms with Crippen molar-refractivity contribution in [3.8, 4) is 0 Å². The Hall–Kier alpha value is -0.870. The van der Waals surface area contributed by atoms with Gasteiger partial charge >= 0.3 is 0 Å². The summed E-state index contributed by atoms with van der Waals surface area (Å²) in [6, 6.07) is 2.78. The number of hydrogen-bond acceptors (Lipinski definition) is 3. The van der Waals surface area contributed by atoms with Crippen molar-refractivity contribution in [1.82, 2.24) is 20.0 Å². The Morgan fingerprint density at radius 3 is 2.61 bits per heavy atom. The normalized spacial score (nSPS) is 13.2. The molecule has 4 nitrogen and oxygen atoms in total. The highest BCUT2D eigenvalue weighted by Crippen LogP contribution is 2.10. The quantitative estimate of drug-likeness (QED) is 0.762. The molecular formula is C14H28N4. The Bertz CT molecular complexity index is 344. The molecule has 0 aliphatic rings. The number of aromatic nitrogens is 2. The van der Waals surface area contributed by atoms with E-state index in [9.17, 15) is 0 Å². The molecule has 1 N–H and O–H groups in total. The van der Waals surface area contributed by atoms with E-state index < -0.39 is 0 Å². The highest BCUT2D eigenvalue weighted by Gasteiger charge is 2.12. The van der Waals surface area contributed by atoms with Crippen LogP contribution in [0.4, 0.5) is 0 Å². The van der Waals surface area contributed by atoms with E-state index in [0.717, 1.165) is 25.9 Å². The molecule has 1 heterocycles. The number of rotatable bonds is 8. The maximum absolute atomic E-state index is 4.61. The maximum Gasteiger partial charge on any atom is 0.0624 e. The van der Waals surface area contributed by atoms with Gasteiger partial charge in [0.1, 0.15) is 0 Å². The highest BCUT2D eigenvalue weighted by atomic mass is 15.3. The lowest BCUT2D eigenvalue weighted by Gasteiger charge is -2.19. The summed E-state index contributed by atoms with van der Waals surface area (Å²) in [6.07, 6.45) is 3.24. The van der Waals surface area contributed by atoms with Crippen LogP contribution in [0.25, 0.3) is 0 Å². The first-order valence-corrected chi connectivity index (χ1v) is 6.98. The number of likely N-dealkylation sites (N-methyl/N-ethyl adjacent to an activating group) is 1. The largest absolute Gasteiger partial charge is 0.317 e. The molecule has 0 spiro atoms. The summed E-state index contributed by atoms with van der Waals surface area (Å²) in [5, 5.41) is 8.02. The minimum absolute atomic E-state index is 0.527. The zero-order valence-electron chi connectivity index (χ0n) is 12.5. The van der Waals surface area contributed by atoms with Crippen LogP contribution in [0.2, 0.25) is 0 Å². The Morgan fingerprint density at radius 1 is 1.39 bits per heavy atom. The van der Waals surface area contributed by atoms with Crippen molar-refractivity contribution in [2.45, 2.75) is 45.7 Å². The van der Waals surface area contributed by atoms with Crippen molar-refractivity contribution in [2.75, 3.05) is 27.7 Å². The molecule has 0 aromatic carbocycles. The van der Waals surface area contributed by atoms with E-state index in [0.29, 0.717) is 6.04 Å². The van der Waals surface area contributed by atoms with E-state index in [1.807, 2.05) is 7.05 Å². The van der Waals surface area contributed by atoms with Gasteiger partial charge in [-0.2, -0.15) is 5.10 Å². The van der Waals surface area contributed by atoms with Gasteiger partial charge in [0.2, 0.25) is 0 Å². The molecule has 1 rings (SSSR count). The highest BCUT2D eigenvalue weighted by molar-refractivity contribution is 5.12. The fourth-order valence-electron chi connectivity index (χ4n) is 2.14. The first kappa shape index (κ1) is 15.2. The fraction of sp³-hybridized carbons (Fsp3) is 0.786. The summed E-state index contributed by atoms with van der Waals surface area (Å²) in [5.41, 5.74) is 2.56. The summed E-state index contributed by atoms with van der Waals surface area (Å²) in [6.45, 7) is 6.39. The van der Waals surface area contributed by atoms with Crippen LogP contribution in [0, 0.1) is 0 Å². The molecule has 1 atom stereocenters. The third-order valence-corrected chi connectivity index (χ3v) is 3.36. The average Bonchev–Trinajstić information content (AvgIpc) is 2.76. The number of nitrogens with zero attached hydrogens (tertiary/aromatic N) is 3. The van der Waals surface area contributed by atoms with Crippen LogP contribution in [0.1, 0.15) is 31.7 Å². The molecule has 0 saturated carbocycles. The summed E-state index contributed by atoms with van der Waals surface area (Å²) in [5.74, 6) is 0. The third kappa shape index (κ3) is 4.42. The van der Waals surface area contributed by atoms with Crippen molar-refractivity contribution in [3.63, 3.8) is 0 Å². The van der Waals surface area contributed by atoms with E-state index in [1.165, 1.54) is 17.8 Å². The fourth-order valence-corrected chi connectivity index (χ4v) is 2.14. The van der Waals surface area contributed by atoms with E-state index in [4.69, 9.17) is 0 Å². The van der Waals surface area contributed by atoms with E-state index in [-0.39, 0.29) is 0 Å². The molecule has 18 heavy (non-hydrogen) atoms. The number of hydrogen-bond donors (Lipinski definition) is 1. The van der Waals surface area contributed by atoms with Gasteiger partial charge in [-0.15, -0.1) is 0 Å². The SMILES string of the molecule is CCc1cc(CC(CCN(C)C)NC)n(CC)n1. The predicted octanol–water partition coefficient (Wildman–Crippen LogP) is 1.55. The van der Waals surface area contributed by atoms with Crippen LogP contribution in [-0.4, -0.2) is 48.4 Å². The van der Waals surface area contributed by atoms with Crippen molar-refractivity contribution in [3.05, 3.63) is 17.5 Å². The second-order valence-electron chi connectivity index (χ2n) is 5.08. The Labute approximate surface area is 111 Å². The first-order chi connectivity index (χ1) is 8.60. The predicted molar refractivity (Wildman–Crippen MR) is 77.0 cm³/mol. The number of nitrogens with one attached hydrogen (secondary N) is 1. The summed E-state index contributed by atoms with van der Waals surface area (Å²) < 4.78 is 2.14. The molecule has 0 fully saturated rings. The molecule has 0 bridgehead atoms. The standard InChI is InChI=1S/C14H28N4/c1-6-12-10-14(18(7-2)16-12)11-13(15-3)8-9-17(4)5/h10,13,15H,6-9,11H2,1-5H3. The van der Waals surface area contributed by atoms with Crippen LogP contribution >= 0.6 is 0 Å². The Balaban J connectivity index is 2.65. The lowest BCUT2D eigenvalue weighted by molar-refractivity contribution is 0.361. The van der Waals surface area contributed by atoms with Gasteiger partial charge in [0.25, 0.3) is 0 Å². The molecule has 0 saturated heterocycles. The topological polar surface area (TPSA) is 33.1 Å². The second-order valence-corrected chi connectivity index (χ2v) is 5.08. The van der Waals surface area contributed by atoms with Crippen molar-refractivity contribution in [1.29, 1.82) is 0 Å². The lowest BCUT2D eigenvalue weighted by atomic mass is 10.1. The van der Waals surface area contributed by atoms with E-state index in [2.05, 4.69) is 54.0 Å². The molecule has 0 radical (unpaired) electrons. The van der Waals surface area contributed by atoms with Crippen LogP contribution in [-0.2, 0) is 19.4 Å². The molecule has 1 aromatic heterocycles. The molecule has 0 aliphatic carbocycles. The average molecular weight is 252 g/mol. The molecule has 0 aliphatic heterocycles. The van der Waals surface area contributed by atoms with Gasteiger partial charge in [-0.3, -0.25) is 4.68 Å². The molecule has 4 heteroatoms. The van der Waals surface area contributed by atoms with Crippen molar-refractivity contribution < 1.29 is 0 Å². The van der Waals surface area contributed by atoms with Gasteiger partial charge in [-0.05, 0) is 53.5 Å². The zero-order valence-corrected chi connectivity index (χ0v) is 12.5. The Kier molecular flexibility index (Phi) is 6.36. The smallest absolute Gasteiger partial charge is 0.0624 e. The molecular weight excluding hydrogens is 224 g/mol. The summed E-state index contributed by atoms with van der Waals surface area (Å²) in [4.78, 5) is 2.24. The monoisotopic (exact) mass is 252 g/mol. The number of aryl methyl sites for hydroxylation is 2. The van der Waals surface area contributed by atoms with Crippen LogP contribution in [0.5, 0.6) is 0 Å². The lowest BCUT2D eigenvalue weighted by Crippen LogP contribution is -2.32. The van der Waals surface area contributed by atoms with Gasteiger partial charge < -0.3 is 10.2 Å². The van der Waals surface area contributed by atoms with Gasteiger partial charge in [0, 0.05) is 24.7 Å². The molecule has 1 aromatic rings. The van der Waals surface area contributed by atoms with Gasteiger partial charge in [-0.1, -0.05) is 6.92 Å². The van der Waals surface area contributed by atoms with Gasteiger partial charge in [0.15, 0.2) is 0 Å². The zero-order chi connectivity index (χ0) is 13.5. The summed E-state index contributed by atoms with van der Waals surface area (Å²) in [7, 11) is 6.30. The first-order valence-electron chi connectivity index (χ1n) is 6.98. The minimum Gasteiger partial charge on any atom is -0.317 e. The second kappa shape index (κ2) is 7.54. The minimum atomic E-state index is 0.527. The van der Waals surface area contributed by atoms with E-state index in [1.54, 1.807) is 0 Å². The molecule has 0 amide bonds. The van der Waals surface area contributed by atoms with Gasteiger partial charge in [-0.25, -0.2) is 0 Å². The van der Waals surface area contributed by atoms with Crippen LogP contribution in [0.3, 0.4) is 0 Å². The molecule has 104 valence electrons. The Morgan fingerprint density at radius 2 is 2.11 bits per heavy atom.